The smallest absolute Gasteiger partial charge is 0.343 e. The van der Waals surface area contributed by atoms with Gasteiger partial charge in [0.15, 0.2) is 0 Å². The van der Waals surface area contributed by atoms with Gasteiger partial charge in [-0.05, 0) is 52.0 Å². The van der Waals surface area contributed by atoms with Crippen LogP contribution in [0, 0.1) is 0 Å². The molecule has 0 atom stereocenters. The normalized spacial score (nSPS) is 10.8. The number of esters is 2. The molecule has 134 valence electrons. The van der Waals surface area contributed by atoms with Gasteiger partial charge in [0.25, 0.3) is 0 Å². The molecule has 2 rings (SSSR count). The van der Waals surface area contributed by atoms with Gasteiger partial charge < -0.3 is 18.6 Å². The van der Waals surface area contributed by atoms with Crippen LogP contribution in [0.25, 0.3) is 11.3 Å². The molecule has 0 aliphatic heterocycles. The van der Waals surface area contributed by atoms with Gasteiger partial charge in [-0.3, -0.25) is 0 Å². The number of furan rings is 1. The van der Waals surface area contributed by atoms with Crippen molar-refractivity contribution < 1.29 is 28.2 Å². The van der Waals surface area contributed by atoms with Gasteiger partial charge in [-0.15, -0.1) is 0 Å². The average Bonchev–Trinajstić information content (AvgIpc) is 2.99. The van der Waals surface area contributed by atoms with Crippen molar-refractivity contribution in [2.75, 3.05) is 7.11 Å². The van der Waals surface area contributed by atoms with Crippen molar-refractivity contribution >= 4 is 11.9 Å². The maximum Gasteiger partial charge on any atom is 0.343 e. The lowest BCUT2D eigenvalue weighted by atomic mass is 10.0. The summed E-state index contributed by atoms with van der Waals surface area (Å²) < 4.78 is 21.1. The van der Waals surface area contributed by atoms with Crippen LogP contribution in [0.5, 0.6) is 5.75 Å². The van der Waals surface area contributed by atoms with E-state index in [1.54, 1.807) is 59.1 Å². The first-order chi connectivity index (χ1) is 11.8. The van der Waals surface area contributed by atoms with Crippen LogP contribution < -0.4 is 4.74 Å². The number of benzene rings is 1. The van der Waals surface area contributed by atoms with E-state index in [1.807, 2.05) is 0 Å². The summed E-state index contributed by atoms with van der Waals surface area (Å²) in [6.45, 7) is 6.93. The van der Waals surface area contributed by atoms with Crippen molar-refractivity contribution in [1.29, 1.82) is 0 Å². The second-order valence-electron chi connectivity index (χ2n) is 5.99. The Hall–Kier alpha value is -2.76. The Labute approximate surface area is 146 Å². The largest absolute Gasteiger partial charge is 0.497 e. The number of methoxy groups -OCH3 is 1. The van der Waals surface area contributed by atoms with Gasteiger partial charge in [0.1, 0.15) is 28.9 Å². The summed E-state index contributed by atoms with van der Waals surface area (Å²) in [4.78, 5) is 24.8. The lowest BCUT2D eigenvalue weighted by Gasteiger charge is -2.11. The van der Waals surface area contributed by atoms with Crippen LogP contribution >= 0.6 is 0 Å². The first-order valence-corrected chi connectivity index (χ1v) is 8.01. The molecule has 0 amide bonds. The minimum Gasteiger partial charge on any atom is -0.497 e. The molecule has 0 radical (unpaired) electrons. The Balaban J connectivity index is 2.49. The van der Waals surface area contributed by atoms with Crippen molar-refractivity contribution in [3.63, 3.8) is 0 Å². The fourth-order valence-corrected chi connectivity index (χ4v) is 2.22. The van der Waals surface area contributed by atoms with Gasteiger partial charge in [-0.1, -0.05) is 0 Å². The zero-order valence-corrected chi connectivity index (χ0v) is 15.0. The van der Waals surface area contributed by atoms with Crippen LogP contribution in [-0.2, 0) is 9.47 Å². The molecule has 2 aromatic rings. The van der Waals surface area contributed by atoms with Crippen molar-refractivity contribution in [3.05, 3.63) is 41.7 Å². The summed E-state index contributed by atoms with van der Waals surface area (Å²) in [5, 5.41) is 0. The molecular weight excluding hydrogens is 324 g/mol. The van der Waals surface area contributed by atoms with Crippen LogP contribution in [0.1, 0.15) is 48.4 Å². The molecule has 0 saturated carbocycles. The highest BCUT2D eigenvalue weighted by molar-refractivity contribution is 6.07. The fraction of sp³-hybridized carbons (Fsp3) is 0.368. The summed E-state index contributed by atoms with van der Waals surface area (Å²) in [7, 11) is 1.56. The Morgan fingerprint density at radius 2 is 1.48 bits per heavy atom. The van der Waals surface area contributed by atoms with E-state index in [-0.39, 0.29) is 29.1 Å². The van der Waals surface area contributed by atoms with Crippen molar-refractivity contribution in [3.8, 4) is 17.1 Å². The topological polar surface area (TPSA) is 75.0 Å². The lowest BCUT2D eigenvalue weighted by molar-refractivity contribution is 0.0330. The monoisotopic (exact) mass is 346 g/mol. The maximum atomic E-state index is 12.5. The third-order valence-corrected chi connectivity index (χ3v) is 3.25. The summed E-state index contributed by atoms with van der Waals surface area (Å²) in [5.41, 5.74) is 0.731. The highest BCUT2D eigenvalue weighted by atomic mass is 16.6. The van der Waals surface area contributed by atoms with Crippen LogP contribution in [0.2, 0.25) is 0 Å². The number of hydrogen-bond acceptors (Lipinski definition) is 6. The SMILES string of the molecule is COc1ccc(-c2occ(C(=O)OC(C)C)c2C(=O)OC(C)C)cc1. The van der Waals surface area contributed by atoms with Gasteiger partial charge in [0.2, 0.25) is 0 Å². The molecule has 0 spiro atoms. The molecule has 1 aromatic heterocycles. The Morgan fingerprint density at radius 1 is 0.920 bits per heavy atom. The van der Waals surface area contributed by atoms with Gasteiger partial charge in [-0.25, -0.2) is 9.59 Å². The van der Waals surface area contributed by atoms with Crippen LogP contribution in [0.4, 0.5) is 0 Å². The summed E-state index contributed by atoms with van der Waals surface area (Å²) in [5.74, 6) is -0.343. The number of carbonyl (C=O) groups is 2. The zero-order chi connectivity index (χ0) is 18.6. The van der Waals surface area contributed by atoms with Gasteiger partial charge in [-0.2, -0.15) is 0 Å². The molecule has 0 N–H and O–H groups in total. The standard InChI is InChI=1S/C19H22O6/c1-11(2)24-18(20)15-10-23-17(16(15)19(21)25-12(3)4)13-6-8-14(22-5)9-7-13/h6-12H,1-5H3. The van der Waals surface area contributed by atoms with Crippen molar-refractivity contribution in [1.82, 2.24) is 0 Å². The number of ether oxygens (including phenoxy) is 3. The molecule has 0 aliphatic carbocycles. The average molecular weight is 346 g/mol. The predicted molar refractivity (Wildman–Crippen MR) is 91.8 cm³/mol. The first kappa shape index (κ1) is 18.6. The Bertz CT molecular complexity index is 740. The number of hydrogen-bond donors (Lipinski definition) is 0. The molecule has 0 saturated heterocycles. The minimum atomic E-state index is -0.634. The zero-order valence-electron chi connectivity index (χ0n) is 15.0. The van der Waals surface area contributed by atoms with E-state index in [0.29, 0.717) is 11.3 Å². The summed E-state index contributed by atoms with van der Waals surface area (Å²) >= 11 is 0. The lowest BCUT2D eigenvalue weighted by Crippen LogP contribution is -2.18. The molecule has 0 unspecified atom stereocenters. The van der Waals surface area contributed by atoms with E-state index in [0.717, 1.165) is 0 Å². The summed E-state index contributed by atoms with van der Waals surface area (Å²) in [6.07, 6.45) is 0.571. The molecule has 1 aromatic carbocycles. The molecular formula is C19H22O6. The third-order valence-electron chi connectivity index (χ3n) is 3.25. The second-order valence-corrected chi connectivity index (χ2v) is 5.99. The van der Waals surface area contributed by atoms with Crippen LogP contribution in [-0.4, -0.2) is 31.3 Å². The van der Waals surface area contributed by atoms with Gasteiger partial charge >= 0.3 is 11.9 Å². The maximum absolute atomic E-state index is 12.5. The van der Waals surface area contributed by atoms with E-state index >= 15 is 0 Å². The molecule has 0 aliphatic rings. The van der Waals surface area contributed by atoms with E-state index < -0.39 is 11.9 Å². The number of carbonyl (C=O) groups excluding carboxylic acids is 2. The van der Waals surface area contributed by atoms with E-state index in [2.05, 4.69) is 0 Å². The summed E-state index contributed by atoms with van der Waals surface area (Å²) in [6, 6.07) is 6.95. The molecule has 25 heavy (non-hydrogen) atoms. The predicted octanol–water partition coefficient (Wildman–Crippen LogP) is 4.09. The second kappa shape index (κ2) is 7.88. The van der Waals surface area contributed by atoms with E-state index in [4.69, 9.17) is 18.6 Å². The van der Waals surface area contributed by atoms with E-state index in [9.17, 15) is 9.59 Å². The Morgan fingerprint density at radius 3 is 2.00 bits per heavy atom. The molecule has 6 heteroatoms. The first-order valence-electron chi connectivity index (χ1n) is 8.01. The highest BCUT2D eigenvalue weighted by Gasteiger charge is 2.29. The Kier molecular flexibility index (Phi) is 5.85. The van der Waals surface area contributed by atoms with Gasteiger partial charge in [0, 0.05) is 5.56 Å². The molecule has 6 nitrogen and oxygen atoms in total. The third kappa shape index (κ3) is 4.41. The molecule has 0 fully saturated rings. The van der Waals surface area contributed by atoms with Crippen molar-refractivity contribution in [2.45, 2.75) is 39.9 Å². The fourth-order valence-electron chi connectivity index (χ4n) is 2.22. The quantitative estimate of drug-likeness (QED) is 0.734. The highest BCUT2D eigenvalue weighted by Crippen LogP contribution is 2.31. The van der Waals surface area contributed by atoms with Crippen LogP contribution in [0.15, 0.2) is 34.9 Å². The van der Waals surface area contributed by atoms with Gasteiger partial charge in [0.05, 0.1) is 19.3 Å². The van der Waals surface area contributed by atoms with E-state index in [1.165, 1.54) is 6.26 Å². The number of rotatable bonds is 6. The van der Waals surface area contributed by atoms with Crippen molar-refractivity contribution in [2.24, 2.45) is 0 Å². The minimum absolute atomic E-state index is 0.0465. The molecule has 1 heterocycles. The van der Waals surface area contributed by atoms with Crippen LogP contribution in [0.3, 0.4) is 0 Å². The molecule has 0 bridgehead atoms.